The second-order valence-corrected chi connectivity index (χ2v) is 7.74. The first-order valence-corrected chi connectivity index (χ1v) is 9.07. The van der Waals surface area contributed by atoms with Gasteiger partial charge in [0.05, 0.1) is 21.8 Å². The van der Waals surface area contributed by atoms with Crippen LogP contribution in [0.5, 0.6) is 0 Å². The molecule has 122 valence electrons. The van der Waals surface area contributed by atoms with E-state index < -0.39 is 15.8 Å². The predicted molar refractivity (Wildman–Crippen MR) is 85.4 cm³/mol. The molecule has 0 radical (unpaired) electrons. The highest BCUT2D eigenvalue weighted by Gasteiger charge is 2.31. The van der Waals surface area contributed by atoms with E-state index in [0.717, 1.165) is 25.0 Å². The average molecular weight is 376 g/mol. The van der Waals surface area contributed by atoms with Gasteiger partial charge in [-0.05, 0) is 42.6 Å². The van der Waals surface area contributed by atoms with E-state index >= 15 is 0 Å². The Labute approximate surface area is 143 Å². The fourth-order valence-electron chi connectivity index (χ4n) is 2.51. The van der Waals surface area contributed by atoms with Crippen molar-refractivity contribution in [1.29, 1.82) is 0 Å². The van der Waals surface area contributed by atoms with Crippen molar-refractivity contribution >= 4 is 33.2 Å². The van der Waals surface area contributed by atoms with E-state index in [2.05, 4.69) is 9.97 Å². The Morgan fingerprint density at radius 1 is 1.17 bits per heavy atom. The van der Waals surface area contributed by atoms with Crippen molar-refractivity contribution < 1.29 is 12.8 Å². The molecule has 1 aliphatic heterocycles. The molecule has 0 N–H and O–H groups in total. The van der Waals surface area contributed by atoms with Gasteiger partial charge in [0, 0.05) is 18.7 Å². The standard InChI is InChI=1S/C14H12Cl2FN3O2S/c15-11-8-18-14(16)19-13(11)10-4-3-9(17)7-12(10)23(21,22)20-5-1-2-6-20/h3-4,7-8H,1-2,5-6H2. The molecule has 0 amide bonds. The molecule has 9 heteroatoms. The SMILES string of the molecule is O=S(=O)(c1cc(F)ccc1-c1nc(Cl)ncc1Cl)N1CCCC1. The summed E-state index contributed by atoms with van der Waals surface area (Å²) in [6.45, 7) is 0.826. The minimum atomic E-state index is -3.84. The van der Waals surface area contributed by atoms with Gasteiger partial charge in [-0.2, -0.15) is 4.31 Å². The number of aromatic nitrogens is 2. The monoisotopic (exact) mass is 375 g/mol. The van der Waals surface area contributed by atoms with Crippen LogP contribution < -0.4 is 0 Å². The largest absolute Gasteiger partial charge is 0.243 e. The van der Waals surface area contributed by atoms with Crippen LogP contribution in [0.2, 0.25) is 10.3 Å². The number of benzene rings is 1. The van der Waals surface area contributed by atoms with Crippen LogP contribution in [-0.2, 0) is 10.0 Å². The number of sulfonamides is 1. The maximum Gasteiger partial charge on any atom is 0.243 e. The quantitative estimate of drug-likeness (QED) is 0.771. The van der Waals surface area contributed by atoms with Gasteiger partial charge in [0.25, 0.3) is 0 Å². The van der Waals surface area contributed by atoms with Crippen molar-refractivity contribution in [3.8, 4) is 11.3 Å². The highest BCUT2D eigenvalue weighted by molar-refractivity contribution is 7.89. The first-order valence-electron chi connectivity index (χ1n) is 6.88. The van der Waals surface area contributed by atoms with Crippen molar-refractivity contribution in [2.24, 2.45) is 0 Å². The minimum Gasteiger partial charge on any atom is -0.225 e. The van der Waals surface area contributed by atoms with Crippen LogP contribution in [0.15, 0.2) is 29.3 Å². The molecule has 2 heterocycles. The molecule has 2 aromatic rings. The first kappa shape index (κ1) is 16.6. The summed E-state index contributed by atoms with van der Waals surface area (Å²) in [6, 6.07) is 3.48. The first-order chi connectivity index (χ1) is 10.9. The summed E-state index contributed by atoms with van der Waals surface area (Å²) >= 11 is 11.8. The molecule has 0 bridgehead atoms. The molecule has 1 aromatic heterocycles. The van der Waals surface area contributed by atoms with E-state index in [1.54, 1.807) is 0 Å². The lowest BCUT2D eigenvalue weighted by Gasteiger charge is -2.18. The lowest BCUT2D eigenvalue weighted by atomic mass is 10.1. The predicted octanol–water partition coefficient (Wildman–Crippen LogP) is 3.37. The Kier molecular flexibility index (Phi) is 4.55. The molecule has 23 heavy (non-hydrogen) atoms. The van der Waals surface area contributed by atoms with Crippen LogP contribution in [0.3, 0.4) is 0 Å². The molecule has 0 unspecified atom stereocenters. The van der Waals surface area contributed by atoms with Gasteiger partial charge in [0.15, 0.2) is 0 Å². The summed E-state index contributed by atoms with van der Waals surface area (Å²) in [5, 5.41) is 0.0668. The van der Waals surface area contributed by atoms with Crippen LogP contribution in [0.4, 0.5) is 4.39 Å². The average Bonchev–Trinajstić information content (AvgIpc) is 3.05. The van der Waals surface area contributed by atoms with Crippen molar-refractivity contribution in [3.05, 3.63) is 40.5 Å². The second-order valence-electron chi connectivity index (χ2n) is 5.09. The van der Waals surface area contributed by atoms with Gasteiger partial charge in [-0.3, -0.25) is 0 Å². The van der Waals surface area contributed by atoms with Gasteiger partial charge in [-0.1, -0.05) is 11.6 Å². The fraction of sp³-hybridized carbons (Fsp3) is 0.286. The van der Waals surface area contributed by atoms with Gasteiger partial charge in [-0.15, -0.1) is 0 Å². The van der Waals surface area contributed by atoms with Gasteiger partial charge in [0.2, 0.25) is 15.3 Å². The summed E-state index contributed by atoms with van der Waals surface area (Å²) in [5.41, 5.74) is 0.358. The molecular weight excluding hydrogens is 364 g/mol. The number of hydrogen-bond acceptors (Lipinski definition) is 4. The van der Waals surface area contributed by atoms with Crippen LogP contribution >= 0.6 is 23.2 Å². The summed E-state index contributed by atoms with van der Waals surface area (Å²) in [5.74, 6) is -0.650. The molecule has 0 atom stereocenters. The summed E-state index contributed by atoms with van der Waals surface area (Å²) in [4.78, 5) is 7.56. The lowest BCUT2D eigenvalue weighted by molar-refractivity contribution is 0.477. The zero-order valence-corrected chi connectivity index (χ0v) is 14.2. The summed E-state index contributed by atoms with van der Waals surface area (Å²) < 4.78 is 40.7. The Bertz CT molecular complexity index is 855. The third-order valence-electron chi connectivity index (χ3n) is 3.60. The highest BCUT2D eigenvalue weighted by atomic mass is 35.5. The van der Waals surface area contributed by atoms with E-state index in [1.165, 1.54) is 16.6 Å². The molecular formula is C14H12Cl2FN3O2S. The van der Waals surface area contributed by atoms with Gasteiger partial charge in [-0.25, -0.2) is 22.8 Å². The van der Waals surface area contributed by atoms with E-state index in [9.17, 15) is 12.8 Å². The number of halogens is 3. The van der Waals surface area contributed by atoms with Crippen LogP contribution in [0, 0.1) is 5.82 Å². The van der Waals surface area contributed by atoms with Crippen LogP contribution in [0.1, 0.15) is 12.8 Å². The Balaban J connectivity index is 2.21. The van der Waals surface area contributed by atoms with Crippen LogP contribution in [0.25, 0.3) is 11.3 Å². The van der Waals surface area contributed by atoms with Crippen molar-refractivity contribution in [3.63, 3.8) is 0 Å². The maximum absolute atomic E-state index is 13.7. The molecule has 0 aliphatic carbocycles. The molecule has 1 aromatic carbocycles. The third-order valence-corrected chi connectivity index (χ3v) is 5.99. The third kappa shape index (κ3) is 3.19. The Morgan fingerprint density at radius 2 is 1.87 bits per heavy atom. The molecule has 0 saturated carbocycles. The van der Waals surface area contributed by atoms with Gasteiger partial charge < -0.3 is 0 Å². The zero-order chi connectivity index (χ0) is 16.6. The number of nitrogens with zero attached hydrogens (tertiary/aromatic N) is 3. The number of rotatable bonds is 3. The van der Waals surface area contributed by atoms with E-state index in [-0.39, 0.29) is 26.5 Å². The van der Waals surface area contributed by atoms with E-state index in [1.807, 2.05) is 0 Å². The lowest BCUT2D eigenvalue weighted by Crippen LogP contribution is -2.28. The van der Waals surface area contributed by atoms with Crippen molar-refractivity contribution in [2.75, 3.05) is 13.1 Å². The Hall–Kier alpha value is -1.28. The summed E-state index contributed by atoms with van der Waals surface area (Å²) in [7, 11) is -3.84. The molecule has 1 fully saturated rings. The second kappa shape index (κ2) is 6.32. The van der Waals surface area contributed by atoms with Crippen molar-refractivity contribution in [2.45, 2.75) is 17.7 Å². The normalized spacial score (nSPS) is 16.0. The smallest absolute Gasteiger partial charge is 0.225 e. The molecule has 5 nitrogen and oxygen atoms in total. The highest BCUT2D eigenvalue weighted by Crippen LogP contribution is 2.34. The fourth-order valence-corrected chi connectivity index (χ4v) is 4.55. The topological polar surface area (TPSA) is 63.2 Å². The minimum absolute atomic E-state index is 0.0711. The Morgan fingerprint density at radius 3 is 2.57 bits per heavy atom. The van der Waals surface area contributed by atoms with Crippen molar-refractivity contribution in [1.82, 2.24) is 14.3 Å². The maximum atomic E-state index is 13.7. The van der Waals surface area contributed by atoms with Gasteiger partial charge >= 0.3 is 0 Å². The molecule has 1 saturated heterocycles. The van der Waals surface area contributed by atoms with Crippen LogP contribution in [-0.4, -0.2) is 35.8 Å². The van der Waals surface area contributed by atoms with Gasteiger partial charge in [0.1, 0.15) is 5.82 Å². The summed E-state index contributed by atoms with van der Waals surface area (Å²) in [6.07, 6.45) is 2.84. The molecule has 3 rings (SSSR count). The molecule has 1 aliphatic rings. The molecule has 0 spiro atoms. The number of hydrogen-bond donors (Lipinski definition) is 0. The van der Waals surface area contributed by atoms with E-state index in [0.29, 0.717) is 13.1 Å². The van der Waals surface area contributed by atoms with E-state index in [4.69, 9.17) is 23.2 Å². The zero-order valence-electron chi connectivity index (χ0n) is 11.8.